The fraction of sp³-hybridized carbons (Fsp3) is 0.200. The average molecular weight is 317 g/mol. The number of hydrogen-bond acceptors (Lipinski definition) is 6. The minimum absolute atomic E-state index is 0.629. The first-order valence-electron chi connectivity index (χ1n) is 6.58. The van der Waals surface area contributed by atoms with Gasteiger partial charge in [-0.05, 0) is 30.2 Å². The highest BCUT2D eigenvalue weighted by Crippen LogP contribution is 2.29. The quantitative estimate of drug-likeness (QED) is 0.685. The monoisotopic (exact) mass is 317 g/mol. The van der Waals surface area contributed by atoms with E-state index in [9.17, 15) is 0 Å². The number of thioether (sulfide) groups is 1. The number of anilines is 1. The number of furan rings is 1. The maximum Gasteiger partial charge on any atom is 0.206 e. The van der Waals surface area contributed by atoms with Crippen molar-refractivity contribution in [1.82, 2.24) is 10.2 Å². The Morgan fingerprint density at radius 2 is 2.10 bits per heavy atom. The molecule has 0 radical (unpaired) electrons. The molecule has 108 valence electrons. The van der Waals surface area contributed by atoms with Crippen LogP contribution in [0.25, 0.3) is 0 Å². The van der Waals surface area contributed by atoms with Crippen molar-refractivity contribution in [3.8, 4) is 0 Å². The summed E-state index contributed by atoms with van der Waals surface area (Å²) in [6.45, 7) is 2.76. The molecular formula is C15H15N3OS2. The largest absolute Gasteiger partial charge is 0.467 e. The molecule has 3 rings (SSSR count). The summed E-state index contributed by atoms with van der Waals surface area (Å²) in [6, 6.07) is 12.2. The summed E-state index contributed by atoms with van der Waals surface area (Å²) in [4.78, 5) is 0. The minimum atomic E-state index is 0.629. The first kappa shape index (κ1) is 14.2. The van der Waals surface area contributed by atoms with Gasteiger partial charge < -0.3 is 9.73 Å². The highest BCUT2D eigenvalue weighted by atomic mass is 32.2. The Morgan fingerprint density at radius 1 is 1.19 bits per heavy atom. The van der Waals surface area contributed by atoms with E-state index in [-0.39, 0.29) is 0 Å². The number of benzene rings is 1. The van der Waals surface area contributed by atoms with Gasteiger partial charge in [0, 0.05) is 5.75 Å². The molecule has 0 bridgehead atoms. The van der Waals surface area contributed by atoms with Crippen LogP contribution < -0.4 is 5.32 Å². The molecule has 1 N–H and O–H groups in total. The molecule has 0 saturated heterocycles. The van der Waals surface area contributed by atoms with Gasteiger partial charge in [-0.3, -0.25) is 0 Å². The molecule has 0 aliphatic heterocycles. The highest BCUT2D eigenvalue weighted by molar-refractivity contribution is 8.00. The first-order valence-corrected chi connectivity index (χ1v) is 8.38. The molecule has 6 heteroatoms. The predicted octanol–water partition coefficient (Wildman–Crippen LogP) is 4.34. The van der Waals surface area contributed by atoms with E-state index >= 15 is 0 Å². The lowest BCUT2D eigenvalue weighted by Crippen LogP contribution is -1.96. The summed E-state index contributed by atoms with van der Waals surface area (Å²) in [5, 5.41) is 12.4. The molecule has 0 spiro atoms. The van der Waals surface area contributed by atoms with Crippen LogP contribution in [0.1, 0.15) is 16.9 Å². The van der Waals surface area contributed by atoms with E-state index in [1.807, 2.05) is 12.1 Å². The Bertz CT molecular complexity index is 695. The number of nitrogens with zero attached hydrogens (tertiary/aromatic N) is 2. The maximum absolute atomic E-state index is 5.27. The normalized spacial score (nSPS) is 10.7. The fourth-order valence-corrected chi connectivity index (χ4v) is 3.65. The lowest BCUT2D eigenvalue weighted by atomic mass is 10.1. The zero-order chi connectivity index (χ0) is 14.5. The van der Waals surface area contributed by atoms with Gasteiger partial charge in [0.1, 0.15) is 5.76 Å². The van der Waals surface area contributed by atoms with E-state index in [0.717, 1.165) is 21.0 Å². The van der Waals surface area contributed by atoms with Crippen LogP contribution in [0, 0.1) is 6.92 Å². The van der Waals surface area contributed by atoms with Gasteiger partial charge in [0.05, 0.1) is 12.8 Å². The second kappa shape index (κ2) is 6.78. The van der Waals surface area contributed by atoms with Crippen molar-refractivity contribution in [2.75, 3.05) is 5.32 Å². The Morgan fingerprint density at radius 3 is 2.90 bits per heavy atom. The summed E-state index contributed by atoms with van der Waals surface area (Å²) in [7, 11) is 0. The third kappa shape index (κ3) is 3.86. The molecule has 4 nitrogen and oxygen atoms in total. The minimum Gasteiger partial charge on any atom is -0.467 e. The van der Waals surface area contributed by atoms with E-state index < -0.39 is 0 Å². The number of nitrogens with one attached hydrogen (secondary N) is 1. The second-order valence-corrected chi connectivity index (χ2v) is 6.72. The highest BCUT2D eigenvalue weighted by Gasteiger charge is 2.06. The molecule has 0 atom stereocenters. The van der Waals surface area contributed by atoms with E-state index in [1.165, 1.54) is 11.1 Å². The van der Waals surface area contributed by atoms with Crippen LogP contribution in [0.15, 0.2) is 51.4 Å². The van der Waals surface area contributed by atoms with Crippen molar-refractivity contribution in [3.63, 3.8) is 0 Å². The van der Waals surface area contributed by atoms with Crippen molar-refractivity contribution in [2.24, 2.45) is 0 Å². The second-order valence-electron chi connectivity index (χ2n) is 4.52. The van der Waals surface area contributed by atoms with Crippen LogP contribution in [0.2, 0.25) is 0 Å². The lowest BCUT2D eigenvalue weighted by molar-refractivity contribution is 0.518. The third-order valence-electron chi connectivity index (χ3n) is 3.01. The maximum atomic E-state index is 5.27. The molecule has 0 unspecified atom stereocenters. The summed E-state index contributed by atoms with van der Waals surface area (Å²) in [5.41, 5.74) is 2.65. The Balaban J connectivity index is 1.54. The first-order chi connectivity index (χ1) is 10.3. The summed E-state index contributed by atoms with van der Waals surface area (Å²) in [5.74, 6) is 1.80. The van der Waals surface area contributed by atoms with Crippen molar-refractivity contribution in [1.29, 1.82) is 0 Å². The van der Waals surface area contributed by atoms with Gasteiger partial charge in [0.2, 0.25) is 5.13 Å². The zero-order valence-electron chi connectivity index (χ0n) is 11.6. The molecule has 0 amide bonds. The molecule has 0 aliphatic rings. The third-order valence-corrected chi connectivity index (χ3v) is 5.08. The van der Waals surface area contributed by atoms with Crippen LogP contribution in [0.3, 0.4) is 0 Å². The molecule has 1 aromatic carbocycles. The SMILES string of the molecule is Cc1ccccc1CSc1nnc(NCc2ccco2)s1. The van der Waals surface area contributed by atoms with Gasteiger partial charge in [-0.25, -0.2) is 0 Å². The van der Waals surface area contributed by atoms with Crippen molar-refractivity contribution >= 4 is 28.2 Å². The van der Waals surface area contributed by atoms with E-state index in [0.29, 0.717) is 6.54 Å². The molecule has 0 aliphatic carbocycles. The van der Waals surface area contributed by atoms with Gasteiger partial charge in [-0.1, -0.05) is 47.4 Å². The molecule has 0 saturated carbocycles. The Labute approximate surface area is 131 Å². The van der Waals surface area contributed by atoms with Crippen LogP contribution in [0.5, 0.6) is 0 Å². The van der Waals surface area contributed by atoms with Crippen molar-refractivity contribution < 1.29 is 4.42 Å². The van der Waals surface area contributed by atoms with Crippen LogP contribution in [-0.4, -0.2) is 10.2 Å². The van der Waals surface area contributed by atoms with Crippen LogP contribution in [0.4, 0.5) is 5.13 Å². The van der Waals surface area contributed by atoms with E-state index in [1.54, 1.807) is 29.4 Å². The lowest BCUT2D eigenvalue weighted by Gasteiger charge is -2.02. The number of hydrogen-bond donors (Lipinski definition) is 1. The summed E-state index contributed by atoms with van der Waals surface area (Å²) >= 11 is 3.28. The van der Waals surface area contributed by atoms with Gasteiger partial charge in [-0.15, -0.1) is 10.2 Å². The van der Waals surface area contributed by atoms with Gasteiger partial charge in [-0.2, -0.15) is 0 Å². The number of aromatic nitrogens is 2. The van der Waals surface area contributed by atoms with Crippen LogP contribution >= 0.6 is 23.1 Å². The average Bonchev–Trinajstić information content (AvgIpc) is 3.16. The zero-order valence-corrected chi connectivity index (χ0v) is 13.2. The van der Waals surface area contributed by atoms with Gasteiger partial charge >= 0.3 is 0 Å². The van der Waals surface area contributed by atoms with Crippen molar-refractivity contribution in [3.05, 3.63) is 59.5 Å². The number of aryl methyl sites for hydroxylation is 1. The molecule has 2 heterocycles. The standard InChI is InChI=1S/C15H15N3OS2/c1-11-5-2-3-6-12(11)10-20-15-18-17-14(21-15)16-9-13-7-4-8-19-13/h2-8H,9-10H2,1H3,(H,16,17). The smallest absolute Gasteiger partial charge is 0.206 e. The van der Waals surface area contributed by atoms with E-state index in [2.05, 4.69) is 46.7 Å². The van der Waals surface area contributed by atoms with Gasteiger partial charge in [0.25, 0.3) is 0 Å². The summed E-state index contributed by atoms with van der Waals surface area (Å²) in [6.07, 6.45) is 1.67. The molecule has 21 heavy (non-hydrogen) atoms. The van der Waals surface area contributed by atoms with E-state index in [4.69, 9.17) is 4.42 Å². The van der Waals surface area contributed by atoms with Gasteiger partial charge in [0.15, 0.2) is 4.34 Å². The number of rotatable bonds is 6. The van der Waals surface area contributed by atoms with Crippen molar-refractivity contribution in [2.45, 2.75) is 23.6 Å². The molecule has 0 fully saturated rings. The Kier molecular flexibility index (Phi) is 4.57. The Hall–Kier alpha value is -1.79. The molecule has 3 aromatic rings. The predicted molar refractivity (Wildman–Crippen MR) is 86.7 cm³/mol. The fourth-order valence-electron chi connectivity index (χ4n) is 1.83. The molecular weight excluding hydrogens is 302 g/mol. The summed E-state index contributed by atoms with van der Waals surface area (Å²) < 4.78 is 6.24. The van der Waals surface area contributed by atoms with Crippen LogP contribution in [-0.2, 0) is 12.3 Å². The topological polar surface area (TPSA) is 51.0 Å². The molecule has 2 aromatic heterocycles.